The molecule has 1 aromatic carbocycles. The molecule has 0 saturated carbocycles. The van der Waals surface area contributed by atoms with E-state index in [-0.39, 0.29) is 12.0 Å². The molecule has 3 heterocycles. The second kappa shape index (κ2) is 5.47. The lowest BCUT2D eigenvalue weighted by Gasteiger charge is -2.18. The first-order valence-corrected chi connectivity index (χ1v) is 8.71. The van der Waals surface area contributed by atoms with Crippen LogP contribution in [0.5, 0.6) is 0 Å². The fourth-order valence-corrected chi connectivity index (χ4v) is 4.26. The molecule has 2 aliphatic heterocycles. The lowest BCUT2D eigenvalue weighted by molar-refractivity contribution is -0.123. The Bertz CT molecular complexity index is 1100. The number of carbonyl (C=O) groups excluding carboxylic acids is 2. The van der Waals surface area contributed by atoms with Crippen LogP contribution in [-0.2, 0) is 9.59 Å². The Morgan fingerprint density at radius 1 is 0.962 bits per heavy atom. The maximum absolute atomic E-state index is 12.7. The fourth-order valence-electron chi connectivity index (χ4n) is 3.92. The molecule has 5 rings (SSSR count). The Labute approximate surface area is 154 Å². The zero-order valence-corrected chi connectivity index (χ0v) is 14.3. The van der Waals surface area contributed by atoms with E-state index in [1.807, 2.05) is 48.6 Å². The van der Waals surface area contributed by atoms with E-state index in [4.69, 9.17) is 11.6 Å². The van der Waals surface area contributed by atoms with Gasteiger partial charge in [-0.2, -0.15) is 0 Å². The number of hydrogen-bond donors (Lipinski definition) is 3. The molecule has 128 valence electrons. The number of para-hydroxylation sites is 1. The zero-order chi connectivity index (χ0) is 17.8. The average Bonchev–Trinajstić information content (AvgIpc) is 3.27. The number of hydrogen-bond acceptors (Lipinski definition) is 3. The first-order valence-electron chi connectivity index (χ1n) is 8.33. The number of amides is 2. The quantitative estimate of drug-likeness (QED) is 0.567. The molecule has 1 aliphatic carbocycles. The first kappa shape index (κ1) is 15.2. The number of rotatable bonds is 2. The second-order valence-electron chi connectivity index (χ2n) is 6.47. The summed E-state index contributed by atoms with van der Waals surface area (Å²) in [6.07, 6.45) is 9.64. The third kappa shape index (κ3) is 2.04. The molecular formula is C20H14ClN3O2. The Hall–Kier alpha value is -3.05. The molecule has 2 amide bonds. The van der Waals surface area contributed by atoms with Crippen molar-refractivity contribution >= 4 is 39.9 Å². The molecule has 5 nitrogen and oxygen atoms in total. The van der Waals surface area contributed by atoms with Crippen LogP contribution in [0.2, 0.25) is 0 Å². The van der Waals surface area contributed by atoms with Crippen LogP contribution in [-0.4, -0.2) is 22.8 Å². The maximum Gasteiger partial charge on any atom is 0.259 e. The maximum atomic E-state index is 12.7. The van der Waals surface area contributed by atoms with Gasteiger partial charge in [-0.15, -0.1) is 0 Å². The van der Waals surface area contributed by atoms with Crippen LogP contribution in [0, 0.1) is 5.92 Å². The van der Waals surface area contributed by atoms with E-state index < -0.39 is 11.8 Å². The summed E-state index contributed by atoms with van der Waals surface area (Å²) in [6.45, 7) is 0. The number of allylic oxidation sites excluding steroid dienone is 2. The number of aromatic nitrogens is 1. The molecule has 0 bridgehead atoms. The molecule has 0 radical (unpaired) electrons. The van der Waals surface area contributed by atoms with Crippen LogP contribution in [0.15, 0.2) is 71.1 Å². The summed E-state index contributed by atoms with van der Waals surface area (Å²) in [5.41, 5.74) is 3.00. The van der Waals surface area contributed by atoms with Crippen molar-refractivity contribution < 1.29 is 9.59 Å². The molecule has 3 N–H and O–H groups in total. The Balaban J connectivity index is 1.76. The van der Waals surface area contributed by atoms with E-state index in [2.05, 4.69) is 15.6 Å². The van der Waals surface area contributed by atoms with Gasteiger partial charge in [-0.25, -0.2) is 0 Å². The third-order valence-corrected chi connectivity index (χ3v) is 5.37. The predicted octanol–water partition coefficient (Wildman–Crippen LogP) is 2.74. The van der Waals surface area contributed by atoms with Crippen molar-refractivity contribution in [2.45, 2.75) is 6.04 Å². The van der Waals surface area contributed by atoms with Crippen LogP contribution >= 0.6 is 11.6 Å². The number of carbonyl (C=O) groups is 2. The Kier molecular flexibility index (Phi) is 3.21. The minimum atomic E-state index is -0.408. The van der Waals surface area contributed by atoms with Gasteiger partial charge in [-0.1, -0.05) is 54.1 Å². The van der Waals surface area contributed by atoms with Crippen molar-refractivity contribution in [3.8, 4) is 0 Å². The summed E-state index contributed by atoms with van der Waals surface area (Å²) in [4.78, 5) is 28.5. The van der Waals surface area contributed by atoms with E-state index in [0.717, 1.165) is 10.9 Å². The molecule has 0 fully saturated rings. The van der Waals surface area contributed by atoms with Gasteiger partial charge in [0.05, 0.1) is 17.2 Å². The smallest absolute Gasteiger partial charge is 0.259 e. The average molecular weight is 364 g/mol. The lowest BCUT2D eigenvalue weighted by atomic mass is 9.85. The number of imide groups is 1. The van der Waals surface area contributed by atoms with Gasteiger partial charge in [-0.3, -0.25) is 14.9 Å². The highest BCUT2D eigenvalue weighted by atomic mass is 35.5. The number of nitrogens with one attached hydrogen (secondary N) is 3. The molecule has 3 aliphatic rings. The highest BCUT2D eigenvalue weighted by Gasteiger charge is 2.42. The van der Waals surface area contributed by atoms with Crippen molar-refractivity contribution in [1.82, 2.24) is 15.6 Å². The summed E-state index contributed by atoms with van der Waals surface area (Å²) >= 11 is 6.46. The standard InChI is InChI=1S/C20H14ClN3O2/c21-18-15(11-6-2-4-8-14(11)23-18)17-16(19(25)24-20(17)26)12-9-22-13-7-3-1-5-10(12)13/h1-9,11,14,22-23H,(H,24,25,26). The molecule has 2 atom stereocenters. The van der Waals surface area contributed by atoms with Gasteiger partial charge >= 0.3 is 0 Å². The summed E-state index contributed by atoms with van der Waals surface area (Å²) < 4.78 is 0. The van der Waals surface area contributed by atoms with E-state index in [1.54, 1.807) is 6.20 Å². The highest BCUT2D eigenvalue weighted by molar-refractivity contribution is 6.40. The number of benzene rings is 1. The number of aromatic amines is 1. The van der Waals surface area contributed by atoms with Gasteiger partial charge in [-0.05, 0) is 6.07 Å². The molecule has 2 aromatic rings. The normalized spacial score (nSPS) is 24.5. The van der Waals surface area contributed by atoms with E-state index >= 15 is 0 Å². The SMILES string of the molecule is O=C1NC(=O)C(c2c[nH]c3ccccc23)=C1C1=C(Cl)NC2C=CC=CC12. The summed E-state index contributed by atoms with van der Waals surface area (Å²) in [5.74, 6) is -0.890. The van der Waals surface area contributed by atoms with Gasteiger partial charge in [0.1, 0.15) is 5.16 Å². The van der Waals surface area contributed by atoms with Crippen LogP contribution in [0.25, 0.3) is 16.5 Å². The molecule has 2 unspecified atom stereocenters. The molecule has 6 heteroatoms. The van der Waals surface area contributed by atoms with Crippen molar-refractivity contribution in [3.05, 3.63) is 76.6 Å². The Morgan fingerprint density at radius 3 is 2.62 bits per heavy atom. The van der Waals surface area contributed by atoms with Crippen LogP contribution in [0.3, 0.4) is 0 Å². The molecule has 1 aromatic heterocycles. The van der Waals surface area contributed by atoms with E-state index in [9.17, 15) is 9.59 Å². The number of halogens is 1. The van der Waals surface area contributed by atoms with Gasteiger partial charge in [0.25, 0.3) is 11.8 Å². The number of fused-ring (bicyclic) bond motifs is 2. The van der Waals surface area contributed by atoms with E-state index in [1.165, 1.54) is 0 Å². The monoisotopic (exact) mass is 363 g/mol. The van der Waals surface area contributed by atoms with Crippen LogP contribution in [0.1, 0.15) is 5.56 Å². The van der Waals surface area contributed by atoms with Crippen LogP contribution < -0.4 is 10.6 Å². The fraction of sp³-hybridized carbons (Fsp3) is 0.100. The number of H-pyrrole nitrogens is 1. The van der Waals surface area contributed by atoms with Gasteiger partial charge in [0.15, 0.2) is 0 Å². The Morgan fingerprint density at radius 2 is 1.73 bits per heavy atom. The topological polar surface area (TPSA) is 74.0 Å². The van der Waals surface area contributed by atoms with Gasteiger partial charge in [0, 0.05) is 34.2 Å². The van der Waals surface area contributed by atoms with E-state index in [0.29, 0.717) is 27.4 Å². The summed E-state index contributed by atoms with van der Waals surface area (Å²) in [6, 6.07) is 7.67. The lowest BCUT2D eigenvalue weighted by Crippen LogP contribution is -2.27. The highest BCUT2D eigenvalue weighted by Crippen LogP contribution is 2.42. The molecule has 26 heavy (non-hydrogen) atoms. The zero-order valence-electron chi connectivity index (χ0n) is 13.5. The minimum absolute atomic E-state index is 0.0114. The second-order valence-corrected chi connectivity index (χ2v) is 6.85. The van der Waals surface area contributed by atoms with Gasteiger partial charge in [0.2, 0.25) is 0 Å². The van der Waals surface area contributed by atoms with Crippen molar-refractivity contribution in [3.63, 3.8) is 0 Å². The van der Waals surface area contributed by atoms with Crippen molar-refractivity contribution in [1.29, 1.82) is 0 Å². The molecule has 0 saturated heterocycles. The van der Waals surface area contributed by atoms with Crippen LogP contribution in [0.4, 0.5) is 0 Å². The van der Waals surface area contributed by atoms with Gasteiger partial charge < -0.3 is 10.3 Å². The molecular weight excluding hydrogens is 350 g/mol. The minimum Gasteiger partial charge on any atom is -0.368 e. The third-order valence-electron chi connectivity index (χ3n) is 5.06. The van der Waals surface area contributed by atoms with Crippen molar-refractivity contribution in [2.75, 3.05) is 0 Å². The first-order chi connectivity index (χ1) is 12.6. The predicted molar refractivity (Wildman–Crippen MR) is 99.9 cm³/mol. The summed E-state index contributed by atoms with van der Waals surface area (Å²) in [7, 11) is 0. The largest absolute Gasteiger partial charge is 0.368 e. The molecule has 0 spiro atoms. The van der Waals surface area contributed by atoms with Crippen molar-refractivity contribution in [2.24, 2.45) is 5.92 Å². The summed E-state index contributed by atoms with van der Waals surface area (Å²) in [5, 5.41) is 6.93.